The zero-order valence-corrected chi connectivity index (χ0v) is 8.32. The number of ether oxygens (including phenoxy) is 1. The Labute approximate surface area is 89.8 Å². The van der Waals surface area contributed by atoms with Crippen molar-refractivity contribution in [3.63, 3.8) is 0 Å². The van der Waals surface area contributed by atoms with Gasteiger partial charge in [-0.15, -0.1) is 0 Å². The average Bonchev–Trinajstić information content (AvgIpc) is 2.56. The minimum Gasteiger partial charge on any atom is -0.440 e. The lowest BCUT2D eigenvalue weighted by Gasteiger charge is -1.94. The fourth-order valence-electron chi connectivity index (χ4n) is 1.07. The van der Waals surface area contributed by atoms with Gasteiger partial charge in [-0.2, -0.15) is 4.98 Å². The van der Waals surface area contributed by atoms with Crippen LogP contribution in [0.4, 0.5) is 0 Å². The van der Waals surface area contributed by atoms with E-state index in [4.69, 9.17) is 26.5 Å². The first-order valence-corrected chi connectivity index (χ1v) is 4.50. The van der Waals surface area contributed by atoms with Crippen LogP contribution >= 0.6 is 11.6 Å². The molecular weight excluding hydrogens is 220 g/mol. The molecule has 1 amide bonds. The number of carbonyl (C=O) groups is 1. The van der Waals surface area contributed by atoms with E-state index in [-0.39, 0.29) is 12.7 Å². The van der Waals surface area contributed by atoms with Gasteiger partial charge in [-0.3, -0.25) is 4.79 Å². The normalized spacial score (nSPS) is 10.5. The first-order valence-electron chi connectivity index (χ1n) is 4.12. The number of nitrogens with two attached hydrogens (primary N) is 1. The SMILES string of the molecule is NC(=O)COc1nc2ccc(Cl)cc2o1. The highest BCUT2D eigenvalue weighted by molar-refractivity contribution is 6.31. The van der Waals surface area contributed by atoms with Gasteiger partial charge in [-0.05, 0) is 12.1 Å². The van der Waals surface area contributed by atoms with Gasteiger partial charge in [-0.25, -0.2) is 0 Å². The molecule has 15 heavy (non-hydrogen) atoms. The van der Waals surface area contributed by atoms with E-state index in [1.807, 2.05) is 0 Å². The number of carbonyl (C=O) groups excluding carboxylic acids is 1. The molecule has 1 heterocycles. The molecule has 2 aromatic rings. The maximum atomic E-state index is 10.4. The number of hydrogen-bond donors (Lipinski definition) is 1. The first-order chi connectivity index (χ1) is 7.15. The third kappa shape index (κ3) is 2.19. The van der Waals surface area contributed by atoms with Crippen LogP contribution in [0.2, 0.25) is 5.02 Å². The minimum atomic E-state index is -0.588. The van der Waals surface area contributed by atoms with Gasteiger partial charge < -0.3 is 14.9 Å². The topological polar surface area (TPSA) is 78.4 Å². The number of hydrogen-bond acceptors (Lipinski definition) is 4. The molecule has 0 aliphatic rings. The summed E-state index contributed by atoms with van der Waals surface area (Å²) in [6.07, 6.45) is 0.00562. The third-order valence-electron chi connectivity index (χ3n) is 1.67. The summed E-state index contributed by atoms with van der Waals surface area (Å²) < 4.78 is 10.1. The molecule has 0 fully saturated rings. The van der Waals surface area contributed by atoms with Gasteiger partial charge in [0.2, 0.25) is 0 Å². The maximum absolute atomic E-state index is 10.4. The number of oxazole rings is 1. The van der Waals surface area contributed by atoms with Crippen LogP contribution in [0.5, 0.6) is 6.08 Å². The molecule has 0 unspecified atom stereocenters. The third-order valence-corrected chi connectivity index (χ3v) is 1.90. The second kappa shape index (κ2) is 3.78. The lowest BCUT2D eigenvalue weighted by Crippen LogP contribution is -2.20. The molecule has 0 aliphatic carbocycles. The zero-order chi connectivity index (χ0) is 10.8. The molecule has 5 nitrogen and oxygen atoms in total. The average molecular weight is 227 g/mol. The van der Waals surface area contributed by atoms with E-state index < -0.39 is 5.91 Å². The highest BCUT2D eigenvalue weighted by Crippen LogP contribution is 2.23. The monoisotopic (exact) mass is 226 g/mol. The molecule has 78 valence electrons. The van der Waals surface area contributed by atoms with E-state index in [0.29, 0.717) is 16.1 Å². The number of primary amides is 1. The first kappa shape index (κ1) is 9.79. The lowest BCUT2D eigenvalue weighted by atomic mass is 10.3. The van der Waals surface area contributed by atoms with Crippen LogP contribution < -0.4 is 10.5 Å². The number of nitrogens with zero attached hydrogens (tertiary/aromatic N) is 1. The van der Waals surface area contributed by atoms with Gasteiger partial charge in [0.1, 0.15) is 5.52 Å². The summed E-state index contributed by atoms with van der Waals surface area (Å²) in [7, 11) is 0. The number of benzene rings is 1. The Kier molecular flexibility index (Phi) is 2.47. The Morgan fingerprint density at radius 1 is 1.60 bits per heavy atom. The van der Waals surface area contributed by atoms with Crippen molar-refractivity contribution >= 4 is 28.6 Å². The van der Waals surface area contributed by atoms with E-state index >= 15 is 0 Å². The van der Waals surface area contributed by atoms with Crippen molar-refractivity contribution in [2.45, 2.75) is 0 Å². The fourth-order valence-corrected chi connectivity index (χ4v) is 1.23. The van der Waals surface area contributed by atoms with E-state index in [0.717, 1.165) is 0 Å². The molecule has 0 aliphatic heterocycles. The Hall–Kier alpha value is -1.75. The molecule has 1 aromatic heterocycles. The molecule has 2 rings (SSSR count). The van der Waals surface area contributed by atoms with Gasteiger partial charge in [0, 0.05) is 11.1 Å². The van der Waals surface area contributed by atoms with Gasteiger partial charge in [0.05, 0.1) is 0 Å². The van der Waals surface area contributed by atoms with Gasteiger partial charge in [-0.1, -0.05) is 11.6 Å². The van der Waals surface area contributed by atoms with Crippen LogP contribution in [-0.2, 0) is 4.79 Å². The second-order valence-corrected chi connectivity index (χ2v) is 3.28. The summed E-state index contributed by atoms with van der Waals surface area (Å²) in [4.78, 5) is 14.4. The Bertz CT molecular complexity index is 509. The standard InChI is InChI=1S/C9H7ClN2O3/c10-5-1-2-6-7(3-5)15-9(12-6)14-4-8(11)13/h1-3H,4H2,(H2,11,13). The van der Waals surface area contributed by atoms with Crippen molar-refractivity contribution in [2.75, 3.05) is 6.61 Å². The molecule has 0 atom stereocenters. The zero-order valence-electron chi connectivity index (χ0n) is 7.57. The Balaban J connectivity index is 2.27. The summed E-state index contributed by atoms with van der Waals surface area (Å²) in [6.45, 7) is -0.263. The van der Waals surface area contributed by atoms with Crippen molar-refractivity contribution in [2.24, 2.45) is 5.73 Å². The lowest BCUT2D eigenvalue weighted by molar-refractivity contribution is -0.120. The molecule has 0 saturated carbocycles. The molecular formula is C9H7ClN2O3. The quantitative estimate of drug-likeness (QED) is 0.857. The van der Waals surface area contributed by atoms with Gasteiger partial charge >= 0.3 is 6.08 Å². The van der Waals surface area contributed by atoms with Gasteiger partial charge in [0.15, 0.2) is 12.2 Å². The van der Waals surface area contributed by atoms with E-state index in [1.54, 1.807) is 18.2 Å². The van der Waals surface area contributed by atoms with Crippen molar-refractivity contribution in [1.29, 1.82) is 0 Å². The fraction of sp³-hybridized carbons (Fsp3) is 0.111. The summed E-state index contributed by atoms with van der Waals surface area (Å²) in [5, 5.41) is 0.542. The van der Waals surface area contributed by atoms with Crippen LogP contribution in [0, 0.1) is 0 Å². The van der Waals surface area contributed by atoms with E-state index in [1.165, 1.54) is 0 Å². The van der Waals surface area contributed by atoms with E-state index in [9.17, 15) is 4.79 Å². The smallest absolute Gasteiger partial charge is 0.395 e. The predicted octanol–water partition coefficient (Wildman–Crippen LogP) is 1.35. The van der Waals surface area contributed by atoms with Crippen molar-refractivity contribution in [1.82, 2.24) is 4.98 Å². The second-order valence-electron chi connectivity index (χ2n) is 2.85. The number of amides is 1. The predicted molar refractivity (Wildman–Crippen MR) is 53.7 cm³/mol. The molecule has 0 spiro atoms. The van der Waals surface area contributed by atoms with Crippen LogP contribution in [0.1, 0.15) is 0 Å². The highest BCUT2D eigenvalue weighted by atomic mass is 35.5. The molecule has 0 saturated heterocycles. The van der Waals surface area contributed by atoms with Gasteiger partial charge in [0.25, 0.3) is 5.91 Å². The summed E-state index contributed by atoms with van der Waals surface area (Å²) >= 11 is 5.75. The largest absolute Gasteiger partial charge is 0.440 e. The highest BCUT2D eigenvalue weighted by Gasteiger charge is 2.07. The van der Waals surface area contributed by atoms with Crippen LogP contribution in [-0.4, -0.2) is 17.5 Å². The van der Waals surface area contributed by atoms with E-state index in [2.05, 4.69) is 4.98 Å². The Morgan fingerprint density at radius 2 is 2.40 bits per heavy atom. The summed E-state index contributed by atoms with van der Waals surface area (Å²) in [5.41, 5.74) is 6.02. The minimum absolute atomic E-state index is 0.00562. The van der Waals surface area contributed by atoms with Crippen molar-refractivity contribution in [3.8, 4) is 6.08 Å². The molecule has 2 N–H and O–H groups in total. The number of aromatic nitrogens is 1. The molecule has 0 bridgehead atoms. The number of rotatable bonds is 3. The Morgan fingerprint density at radius 3 is 3.13 bits per heavy atom. The summed E-state index contributed by atoms with van der Waals surface area (Å²) in [6, 6.07) is 4.99. The summed E-state index contributed by atoms with van der Waals surface area (Å²) in [5.74, 6) is -0.588. The molecule has 6 heteroatoms. The number of fused-ring (bicyclic) bond motifs is 1. The van der Waals surface area contributed by atoms with Crippen LogP contribution in [0.3, 0.4) is 0 Å². The van der Waals surface area contributed by atoms with Crippen molar-refractivity contribution < 1.29 is 13.9 Å². The molecule has 1 aromatic carbocycles. The maximum Gasteiger partial charge on any atom is 0.395 e. The number of halogens is 1. The van der Waals surface area contributed by atoms with Crippen molar-refractivity contribution in [3.05, 3.63) is 23.2 Å². The van der Waals surface area contributed by atoms with Crippen LogP contribution in [0.15, 0.2) is 22.6 Å². The van der Waals surface area contributed by atoms with Crippen LogP contribution in [0.25, 0.3) is 11.1 Å². The molecule has 0 radical (unpaired) electrons.